The van der Waals surface area contributed by atoms with E-state index in [-0.39, 0.29) is 0 Å². The van der Waals surface area contributed by atoms with Crippen LogP contribution in [0.5, 0.6) is 0 Å². The Kier molecular flexibility index (Phi) is 2.77. The Morgan fingerprint density at radius 1 is 1.00 bits per heavy atom. The second-order valence-electron chi connectivity index (χ2n) is 3.89. The summed E-state index contributed by atoms with van der Waals surface area (Å²) >= 11 is 0. The first-order valence-corrected chi connectivity index (χ1v) is 5.15. The van der Waals surface area contributed by atoms with Crippen LogP contribution in [-0.4, -0.2) is 10.2 Å². The summed E-state index contributed by atoms with van der Waals surface area (Å²) in [5.41, 5.74) is 3.36. The Morgan fingerprint density at radius 3 is 2.40 bits per heavy atom. The van der Waals surface area contributed by atoms with Crippen molar-refractivity contribution < 1.29 is 0 Å². The smallest absolute Gasteiger partial charge is 0.0662 e. The van der Waals surface area contributed by atoms with Crippen LogP contribution in [0.1, 0.15) is 25.5 Å². The van der Waals surface area contributed by atoms with E-state index < -0.39 is 0 Å². The van der Waals surface area contributed by atoms with Crippen LogP contribution in [0, 0.1) is 0 Å². The first kappa shape index (κ1) is 9.84. The zero-order chi connectivity index (χ0) is 10.7. The van der Waals surface area contributed by atoms with Gasteiger partial charge in [-0.15, -0.1) is 0 Å². The lowest BCUT2D eigenvalue weighted by Crippen LogP contribution is -1.95. The van der Waals surface area contributed by atoms with Crippen molar-refractivity contribution in [3.8, 4) is 11.1 Å². The molecule has 1 aromatic heterocycles. The Labute approximate surface area is 90.0 Å². The molecule has 15 heavy (non-hydrogen) atoms. The van der Waals surface area contributed by atoms with Gasteiger partial charge < -0.3 is 0 Å². The van der Waals surface area contributed by atoms with Crippen LogP contribution >= 0.6 is 0 Å². The minimum atomic E-state index is 0.418. The van der Waals surface area contributed by atoms with E-state index in [2.05, 4.69) is 42.2 Å². The highest BCUT2D eigenvalue weighted by atomic mass is 15.1. The van der Waals surface area contributed by atoms with Crippen LogP contribution in [0.15, 0.2) is 42.6 Å². The molecule has 0 saturated carbocycles. The average Bonchev–Trinajstić information content (AvgIpc) is 2.30. The fourth-order valence-electron chi connectivity index (χ4n) is 1.45. The van der Waals surface area contributed by atoms with Gasteiger partial charge in [0.2, 0.25) is 0 Å². The summed E-state index contributed by atoms with van der Waals surface area (Å²) in [5, 5.41) is 8.15. The highest BCUT2D eigenvalue weighted by Gasteiger charge is 2.03. The van der Waals surface area contributed by atoms with Gasteiger partial charge >= 0.3 is 0 Å². The van der Waals surface area contributed by atoms with E-state index in [1.807, 2.05) is 18.2 Å². The van der Waals surface area contributed by atoms with Crippen molar-refractivity contribution in [2.75, 3.05) is 0 Å². The maximum atomic E-state index is 4.11. The molecule has 2 nitrogen and oxygen atoms in total. The molecule has 0 aliphatic heterocycles. The van der Waals surface area contributed by atoms with Gasteiger partial charge in [-0.1, -0.05) is 44.2 Å². The summed E-state index contributed by atoms with van der Waals surface area (Å²) < 4.78 is 0. The molecule has 2 rings (SSSR count). The topological polar surface area (TPSA) is 25.8 Å². The fourth-order valence-corrected chi connectivity index (χ4v) is 1.45. The zero-order valence-electron chi connectivity index (χ0n) is 9.01. The van der Waals surface area contributed by atoms with Crippen molar-refractivity contribution in [1.29, 1.82) is 0 Å². The van der Waals surface area contributed by atoms with Gasteiger partial charge in [-0.2, -0.15) is 10.2 Å². The molecule has 1 heterocycles. The van der Waals surface area contributed by atoms with Gasteiger partial charge in [-0.25, -0.2) is 0 Å². The highest BCUT2D eigenvalue weighted by molar-refractivity contribution is 5.62. The summed E-state index contributed by atoms with van der Waals surface area (Å²) in [7, 11) is 0. The van der Waals surface area contributed by atoms with E-state index in [9.17, 15) is 0 Å². The predicted octanol–water partition coefficient (Wildman–Crippen LogP) is 3.27. The summed E-state index contributed by atoms with van der Waals surface area (Å²) in [4.78, 5) is 0. The second kappa shape index (κ2) is 4.22. The van der Waals surface area contributed by atoms with E-state index in [4.69, 9.17) is 0 Å². The molecule has 0 unspecified atom stereocenters. The third kappa shape index (κ3) is 2.21. The lowest BCUT2D eigenvalue weighted by atomic mass is 10.0. The lowest BCUT2D eigenvalue weighted by molar-refractivity contribution is 0.786. The molecule has 0 amide bonds. The van der Waals surface area contributed by atoms with Crippen molar-refractivity contribution in [3.63, 3.8) is 0 Å². The van der Waals surface area contributed by atoms with Crippen LogP contribution < -0.4 is 0 Å². The minimum absolute atomic E-state index is 0.418. The molecular formula is C13H14N2. The first-order valence-electron chi connectivity index (χ1n) is 5.15. The molecule has 0 atom stereocenters. The maximum absolute atomic E-state index is 4.11. The first-order chi connectivity index (χ1) is 7.27. The molecule has 2 heteroatoms. The summed E-state index contributed by atoms with van der Waals surface area (Å²) in [5.74, 6) is 0.418. The van der Waals surface area contributed by atoms with Gasteiger partial charge in [0.15, 0.2) is 0 Å². The summed E-state index contributed by atoms with van der Waals surface area (Å²) in [6.45, 7) is 4.25. The van der Waals surface area contributed by atoms with E-state index >= 15 is 0 Å². The molecule has 0 saturated heterocycles. The van der Waals surface area contributed by atoms with E-state index in [1.165, 1.54) is 5.56 Å². The lowest BCUT2D eigenvalue weighted by Gasteiger charge is -2.05. The third-order valence-electron chi connectivity index (χ3n) is 2.37. The van der Waals surface area contributed by atoms with Crippen LogP contribution in [0.4, 0.5) is 0 Å². The highest BCUT2D eigenvalue weighted by Crippen LogP contribution is 2.20. The predicted molar refractivity (Wildman–Crippen MR) is 61.6 cm³/mol. The molecule has 0 aliphatic carbocycles. The molecule has 0 spiro atoms. The van der Waals surface area contributed by atoms with Gasteiger partial charge in [0.05, 0.1) is 11.9 Å². The van der Waals surface area contributed by atoms with Gasteiger partial charge in [0.1, 0.15) is 0 Å². The largest absolute Gasteiger partial charge is 0.158 e. The van der Waals surface area contributed by atoms with Crippen LogP contribution in [0.2, 0.25) is 0 Å². The Hall–Kier alpha value is -1.70. The van der Waals surface area contributed by atoms with Gasteiger partial charge in [0.25, 0.3) is 0 Å². The molecular weight excluding hydrogens is 184 g/mol. The van der Waals surface area contributed by atoms with Crippen molar-refractivity contribution >= 4 is 0 Å². The molecule has 76 valence electrons. The van der Waals surface area contributed by atoms with Crippen LogP contribution in [0.25, 0.3) is 11.1 Å². The number of hydrogen-bond donors (Lipinski definition) is 0. The maximum Gasteiger partial charge on any atom is 0.0662 e. The van der Waals surface area contributed by atoms with Gasteiger partial charge in [-0.3, -0.25) is 0 Å². The van der Waals surface area contributed by atoms with E-state index in [1.54, 1.807) is 6.20 Å². The molecule has 1 aromatic carbocycles. The molecule has 0 radical (unpaired) electrons. The number of rotatable bonds is 2. The standard InChI is InChI=1S/C13H14N2/c1-10(2)13-8-12(9-14-15-13)11-6-4-3-5-7-11/h3-10H,1-2H3. The molecule has 2 aromatic rings. The second-order valence-corrected chi connectivity index (χ2v) is 3.89. The van der Waals surface area contributed by atoms with Gasteiger partial charge in [0, 0.05) is 5.56 Å². The summed E-state index contributed by atoms with van der Waals surface area (Å²) in [6.07, 6.45) is 1.81. The van der Waals surface area contributed by atoms with E-state index in [0.717, 1.165) is 11.3 Å². The average molecular weight is 198 g/mol. The minimum Gasteiger partial charge on any atom is -0.158 e. The number of aromatic nitrogens is 2. The van der Waals surface area contributed by atoms with Crippen LogP contribution in [0.3, 0.4) is 0 Å². The fraction of sp³-hybridized carbons (Fsp3) is 0.231. The van der Waals surface area contributed by atoms with Crippen molar-refractivity contribution in [2.24, 2.45) is 0 Å². The van der Waals surface area contributed by atoms with E-state index in [0.29, 0.717) is 5.92 Å². The quantitative estimate of drug-likeness (QED) is 0.740. The Morgan fingerprint density at radius 2 is 1.73 bits per heavy atom. The SMILES string of the molecule is CC(C)c1cc(-c2ccccc2)cnn1. The van der Waals surface area contributed by atoms with Crippen molar-refractivity contribution in [2.45, 2.75) is 19.8 Å². The zero-order valence-corrected chi connectivity index (χ0v) is 9.01. The molecule has 0 fully saturated rings. The monoisotopic (exact) mass is 198 g/mol. The Balaban J connectivity index is 2.42. The van der Waals surface area contributed by atoms with Crippen LogP contribution in [-0.2, 0) is 0 Å². The Bertz CT molecular complexity index is 435. The number of benzene rings is 1. The van der Waals surface area contributed by atoms with Crippen molar-refractivity contribution in [3.05, 3.63) is 48.3 Å². The number of hydrogen-bond acceptors (Lipinski definition) is 2. The number of nitrogens with zero attached hydrogens (tertiary/aromatic N) is 2. The molecule has 0 bridgehead atoms. The van der Waals surface area contributed by atoms with Gasteiger partial charge in [-0.05, 0) is 17.5 Å². The molecule has 0 aliphatic rings. The third-order valence-corrected chi connectivity index (χ3v) is 2.37. The summed E-state index contributed by atoms with van der Waals surface area (Å²) in [6, 6.07) is 12.4. The molecule has 0 N–H and O–H groups in total. The normalized spacial score (nSPS) is 10.6. The van der Waals surface area contributed by atoms with Crippen molar-refractivity contribution in [1.82, 2.24) is 10.2 Å².